The number of hydrogen-bond acceptors (Lipinski definition) is 4. The molecule has 1 aliphatic carbocycles. The Morgan fingerprint density at radius 2 is 1.33 bits per heavy atom. The molecule has 0 unspecified atom stereocenters. The number of hydrogen-bond donors (Lipinski definition) is 1. The molecule has 0 radical (unpaired) electrons. The van der Waals surface area contributed by atoms with Gasteiger partial charge in [-0.3, -0.25) is 4.79 Å². The van der Waals surface area contributed by atoms with Gasteiger partial charge >= 0.3 is 8.97 Å². The van der Waals surface area contributed by atoms with Gasteiger partial charge in [0.1, 0.15) is 0 Å². The molecule has 18 heavy (non-hydrogen) atoms. The van der Waals surface area contributed by atoms with E-state index in [-0.39, 0.29) is 5.91 Å². The van der Waals surface area contributed by atoms with Gasteiger partial charge in [-0.15, -0.1) is 0 Å². The highest BCUT2D eigenvalue weighted by Crippen LogP contribution is 2.14. The monoisotopic (exact) mass is 277 g/mol. The number of amides is 1. The average Bonchev–Trinajstić information content (AvgIpc) is 3.17. The van der Waals surface area contributed by atoms with Crippen LogP contribution < -0.4 is 4.98 Å². The largest absolute Gasteiger partial charge is 0.633 e. The van der Waals surface area contributed by atoms with E-state index in [1.807, 2.05) is 20.8 Å². The standard InChI is InChI=1S/C9H21NO4Si.C3H6/c1-5-9(11)10-15(12-6-2,13-7-3)14-8-4;1-2-3-1/h5-8H2,1-4H3,(H,10,11);1-3H2. The van der Waals surface area contributed by atoms with Crippen molar-refractivity contribution in [1.82, 2.24) is 4.98 Å². The van der Waals surface area contributed by atoms with Crippen molar-refractivity contribution in [1.29, 1.82) is 0 Å². The topological polar surface area (TPSA) is 56.8 Å². The second-order valence-corrected chi connectivity index (χ2v) is 6.05. The summed E-state index contributed by atoms with van der Waals surface area (Å²) < 4.78 is 16.3. The van der Waals surface area contributed by atoms with Crippen molar-refractivity contribution in [2.45, 2.75) is 53.4 Å². The van der Waals surface area contributed by atoms with Crippen LogP contribution in [-0.4, -0.2) is 34.7 Å². The summed E-state index contributed by atoms with van der Waals surface area (Å²) in [5.41, 5.74) is 0. The molecule has 0 spiro atoms. The molecule has 0 aliphatic heterocycles. The van der Waals surface area contributed by atoms with E-state index in [9.17, 15) is 4.79 Å². The molecule has 1 N–H and O–H groups in total. The van der Waals surface area contributed by atoms with Gasteiger partial charge in [-0.2, -0.15) is 0 Å². The first-order chi connectivity index (χ1) is 8.64. The zero-order valence-corrected chi connectivity index (χ0v) is 13.1. The van der Waals surface area contributed by atoms with Crippen LogP contribution in [0.3, 0.4) is 0 Å². The summed E-state index contributed by atoms with van der Waals surface area (Å²) in [6, 6.07) is 0. The van der Waals surface area contributed by atoms with Crippen molar-refractivity contribution >= 4 is 14.9 Å². The number of carbonyl (C=O) groups excluding carboxylic acids is 1. The smallest absolute Gasteiger partial charge is 0.357 e. The van der Waals surface area contributed by atoms with Gasteiger partial charge in [-0.05, 0) is 20.8 Å². The van der Waals surface area contributed by atoms with Crippen LogP contribution in [0.5, 0.6) is 0 Å². The van der Waals surface area contributed by atoms with Crippen LogP contribution in [0.15, 0.2) is 0 Å². The Hall–Kier alpha value is -0.433. The molecule has 0 atom stereocenters. The molecule has 1 aliphatic rings. The molecule has 0 saturated heterocycles. The molecule has 0 aromatic carbocycles. The van der Waals surface area contributed by atoms with Crippen LogP contribution in [0.4, 0.5) is 0 Å². The van der Waals surface area contributed by atoms with Gasteiger partial charge in [0.05, 0.1) is 0 Å². The molecular weight excluding hydrogens is 250 g/mol. The summed E-state index contributed by atoms with van der Waals surface area (Å²) in [4.78, 5) is 14.1. The first-order valence-electron chi connectivity index (χ1n) is 6.86. The van der Waals surface area contributed by atoms with Gasteiger partial charge in [-0.25, -0.2) is 0 Å². The van der Waals surface area contributed by atoms with E-state index in [1.165, 1.54) is 19.3 Å². The summed E-state index contributed by atoms with van der Waals surface area (Å²) >= 11 is 0. The van der Waals surface area contributed by atoms with Gasteiger partial charge in [0, 0.05) is 26.2 Å². The second kappa shape index (κ2) is 10.5. The maximum atomic E-state index is 11.3. The van der Waals surface area contributed by atoms with E-state index in [2.05, 4.69) is 4.98 Å². The fraction of sp³-hybridized carbons (Fsp3) is 0.917. The highest BCUT2D eigenvalue weighted by Gasteiger charge is 2.43. The summed E-state index contributed by atoms with van der Waals surface area (Å²) in [5.74, 6) is -0.114. The fourth-order valence-corrected chi connectivity index (χ4v) is 3.19. The minimum absolute atomic E-state index is 0.114. The lowest BCUT2D eigenvalue weighted by Gasteiger charge is -2.27. The molecule has 0 aromatic heterocycles. The van der Waals surface area contributed by atoms with Crippen molar-refractivity contribution in [2.24, 2.45) is 0 Å². The highest BCUT2D eigenvalue weighted by atomic mass is 28.4. The molecule has 5 nitrogen and oxygen atoms in total. The molecule has 0 aromatic rings. The van der Waals surface area contributed by atoms with Gasteiger partial charge in [-0.1, -0.05) is 26.2 Å². The summed E-state index contributed by atoms with van der Waals surface area (Å²) in [7, 11) is -2.98. The normalized spacial score (nSPS) is 13.6. The minimum atomic E-state index is -2.98. The number of nitrogens with one attached hydrogen (secondary N) is 1. The van der Waals surface area contributed by atoms with Gasteiger partial charge in [0.15, 0.2) is 0 Å². The van der Waals surface area contributed by atoms with Crippen LogP contribution in [0, 0.1) is 0 Å². The minimum Gasteiger partial charge on any atom is -0.357 e. The summed E-state index contributed by atoms with van der Waals surface area (Å²) in [6.07, 6.45) is 4.89. The maximum absolute atomic E-state index is 11.3. The van der Waals surface area contributed by atoms with E-state index in [1.54, 1.807) is 6.92 Å². The third-order valence-electron chi connectivity index (χ3n) is 1.97. The van der Waals surface area contributed by atoms with E-state index in [4.69, 9.17) is 13.3 Å². The van der Waals surface area contributed by atoms with Crippen molar-refractivity contribution in [3.05, 3.63) is 0 Å². The second-order valence-electron chi connectivity index (χ2n) is 3.82. The lowest BCUT2D eigenvalue weighted by Crippen LogP contribution is -2.61. The Labute approximate surface area is 112 Å². The Bertz CT molecular complexity index is 204. The van der Waals surface area contributed by atoms with Gasteiger partial charge < -0.3 is 18.3 Å². The van der Waals surface area contributed by atoms with Crippen molar-refractivity contribution in [3.63, 3.8) is 0 Å². The lowest BCUT2D eigenvalue weighted by molar-refractivity contribution is -0.120. The van der Waals surface area contributed by atoms with E-state index >= 15 is 0 Å². The first kappa shape index (κ1) is 17.6. The quantitative estimate of drug-likeness (QED) is 0.691. The van der Waals surface area contributed by atoms with Crippen molar-refractivity contribution in [3.8, 4) is 0 Å². The molecule has 1 amide bonds. The zero-order valence-electron chi connectivity index (χ0n) is 12.1. The molecule has 1 fully saturated rings. The van der Waals surface area contributed by atoms with E-state index in [0.717, 1.165) is 0 Å². The molecular formula is C12H27NO4Si. The predicted molar refractivity (Wildman–Crippen MR) is 72.9 cm³/mol. The maximum Gasteiger partial charge on any atom is 0.633 e. The Morgan fingerprint density at radius 1 is 0.944 bits per heavy atom. The average molecular weight is 277 g/mol. The van der Waals surface area contributed by atoms with Crippen LogP contribution in [0.25, 0.3) is 0 Å². The summed E-state index contributed by atoms with van der Waals surface area (Å²) in [5, 5.41) is 0. The van der Waals surface area contributed by atoms with E-state index < -0.39 is 8.97 Å². The molecule has 0 heterocycles. The van der Waals surface area contributed by atoms with Crippen LogP contribution in [0.2, 0.25) is 0 Å². The molecule has 0 bridgehead atoms. The number of carbonyl (C=O) groups is 1. The lowest BCUT2D eigenvalue weighted by atomic mass is 10.5. The third kappa shape index (κ3) is 8.63. The Morgan fingerprint density at radius 3 is 1.56 bits per heavy atom. The summed E-state index contributed by atoms with van der Waals surface area (Å²) in [6.45, 7) is 8.68. The SMILES string of the molecule is C1CC1.CCO[Si](NC(=O)CC)(OCC)OCC. The Kier molecular flexibility index (Phi) is 10.2. The van der Waals surface area contributed by atoms with Crippen molar-refractivity contribution in [2.75, 3.05) is 19.8 Å². The molecule has 1 saturated carbocycles. The van der Waals surface area contributed by atoms with Crippen LogP contribution in [0.1, 0.15) is 53.4 Å². The predicted octanol–water partition coefficient (Wildman–Crippen LogP) is 2.23. The highest BCUT2D eigenvalue weighted by molar-refractivity contribution is 6.60. The third-order valence-corrected chi connectivity index (χ3v) is 4.56. The molecule has 1 rings (SSSR count). The van der Waals surface area contributed by atoms with Crippen LogP contribution in [-0.2, 0) is 18.1 Å². The van der Waals surface area contributed by atoms with E-state index in [0.29, 0.717) is 26.2 Å². The zero-order chi connectivity index (χ0) is 13.9. The molecule has 6 heteroatoms. The van der Waals surface area contributed by atoms with Crippen LogP contribution >= 0.6 is 0 Å². The number of rotatable bonds is 8. The fourth-order valence-electron chi connectivity index (χ4n) is 1.06. The van der Waals surface area contributed by atoms with Gasteiger partial charge in [0.2, 0.25) is 5.91 Å². The van der Waals surface area contributed by atoms with Gasteiger partial charge in [0.25, 0.3) is 0 Å². The Balaban J connectivity index is 0.000000827. The van der Waals surface area contributed by atoms with Crippen molar-refractivity contribution < 1.29 is 18.1 Å². The molecule has 108 valence electrons. The first-order valence-corrected chi connectivity index (χ1v) is 8.59.